The van der Waals surface area contributed by atoms with E-state index in [1.165, 1.54) is 0 Å². The lowest BCUT2D eigenvalue weighted by Gasteiger charge is -2.13. The molecule has 0 aliphatic carbocycles. The molecule has 0 aliphatic rings. The highest BCUT2D eigenvalue weighted by atomic mass is 16.5. The molecule has 2 heterocycles. The maximum absolute atomic E-state index is 9.51. The summed E-state index contributed by atoms with van der Waals surface area (Å²) in [4.78, 5) is 0. The van der Waals surface area contributed by atoms with Crippen molar-refractivity contribution in [2.24, 2.45) is 10.9 Å². The van der Waals surface area contributed by atoms with E-state index in [0.29, 0.717) is 23.6 Å². The van der Waals surface area contributed by atoms with E-state index < -0.39 is 0 Å². The third-order valence-corrected chi connectivity index (χ3v) is 3.86. The fraction of sp³-hybridized carbons (Fsp3) is 0.176. The Hall–Kier alpha value is -3.22. The molecule has 3 aromatic rings. The highest BCUT2D eigenvalue weighted by Gasteiger charge is 2.21. The average Bonchev–Trinajstić information content (AvgIpc) is 3.17. The van der Waals surface area contributed by atoms with Gasteiger partial charge >= 0.3 is 0 Å². The lowest BCUT2D eigenvalue weighted by atomic mass is 10.1. The van der Waals surface area contributed by atoms with E-state index in [-0.39, 0.29) is 11.6 Å². The first-order chi connectivity index (χ1) is 11.6. The summed E-state index contributed by atoms with van der Waals surface area (Å²) < 4.78 is 7.25. The van der Waals surface area contributed by atoms with Gasteiger partial charge in [-0.3, -0.25) is 0 Å². The van der Waals surface area contributed by atoms with Crippen molar-refractivity contribution in [2.45, 2.75) is 20.3 Å². The van der Waals surface area contributed by atoms with E-state index in [1.807, 2.05) is 24.5 Å². The van der Waals surface area contributed by atoms with Crippen LogP contribution in [-0.2, 0) is 6.42 Å². The Bertz CT molecular complexity index is 891. The zero-order chi connectivity index (χ0) is 17.3. The quantitative estimate of drug-likeness (QED) is 0.295. The van der Waals surface area contributed by atoms with Gasteiger partial charge in [0.05, 0.1) is 11.4 Å². The number of oxime groups is 1. The second-order valence-corrected chi connectivity index (χ2v) is 5.36. The van der Waals surface area contributed by atoms with Crippen molar-refractivity contribution in [1.29, 1.82) is 0 Å². The average molecular weight is 326 g/mol. The predicted molar refractivity (Wildman–Crippen MR) is 89.6 cm³/mol. The van der Waals surface area contributed by atoms with Crippen LogP contribution in [0.2, 0.25) is 0 Å². The molecule has 0 fully saturated rings. The number of aromatic hydroxyl groups is 1. The van der Waals surface area contributed by atoms with Crippen LogP contribution in [0.4, 0.5) is 0 Å². The molecule has 124 valence electrons. The summed E-state index contributed by atoms with van der Waals surface area (Å²) in [5.41, 5.74) is 9.54. The van der Waals surface area contributed by atoms with Gasteiger partial charge in [-0.25, -0.2) is 0 Å². The van der Waals surface area contributed by atoms with Gasteiger partial charge in [0, 0.05) is 6.42 Å². The highest BCUT2D eigenvalue weighted by molar-refractivity contribution is 5.97. The molecule has 0 aliphatic heterocycles. The van der Waals surface area contributed by atoms with Crippen LogP contribution in [0.3, 0.4) is 0 Å². The fourth-order valence-corrected chi connectivity index (χ4v) is 2.72. The number of benzene rings is 1. The van der Waals surface area contributed by atoms with Gasteiger partial charge < -0.3 is 25.1 Å². The molecule has 0 spiro atoms. The fourth-order valence-electron chi connectivity index (χ4n) is 2.72. The smallest absolute Gasteiger partial charge is 0.187 e. The van der Waals surface area contributed by atoms with E-state index >= 15 is 0 Å². The van der Waals surface area contributed by atoms with Gasteiger partial charge in [-0.15, -0.1) is 0 Å². The van der Waals surface area contributed by atoms with Gasteiger partial charge in [0.15, 0.2) is 11.6 Å². The summed E-state index contributed by atoms with van der Waals surface area (Å²) in [5, 5.41) is 25.8. The third-order valence-electron chi connectivity index (χ3n) is 3.86. The Labute approximate surface area is 138 Å². The molecule has 0 unspecified atom stereocenters. The number of hydrogen-bond donors (Lipinski definition) is 3. The minimum absolute atomic E-state index is 0.0114. The summed E-state index contributed by atoms with van der Waals surface area (Å²) in [6.45, 7) is 3.81. The molecule has 4 N–H and O–H groups in total. The molecule has 0 bridgehead atoms. The van der Waals surface area contributed by atoms with Crippen molar-refractivity contribution in [3.63, 3.8) is 0 Å². The Morgan fingerprint density at radius 3 is 2.58 bits per heavy atom. The van der Waals surface area contributed by atoms with Gasteiger partial charge in [-0.2, -0.15) is 0 Å². The number of nitrogens with zero attached hydrogens (tertiary/aromatic N) is 3. The van der Waals surface area contributed by atoms with E-state index in [2.05, 4.69) is 10.3 Å². The molecule has 7 heteroatoms. The van der Waals surface area contributed by atoms with Crippen LogP contribution in [0.5, 0.6) is 5.75 Å². The van der Waals surface area contributed by atoms with E-state index in [4.69, 9.17) is 15.5 Å². The van der Waals surface area contributed by atoms with Crippen molar-refractivity contribution in [3.8, 4) is 22.7 Å². The largest absolute Gasteiger partial charge is 0.508 e. The van der Waals surface area contributed by atoms with Crippen LogP contribution >= 0.6 is 0 Å². The monoisotopic (exact) mass is 326 g/mol. The van der Waals surface area contributed by atoms with Crippen LogP contribution < -0.4 is 5.73 Å². The lowest BCUT2D eigenvalue weighted by molar-refractivity contribution is 0.318. The minimum Gasteiger partial charge on any atom is -0.508 e. The maximum Gasteiger partial charge on any atom is 0.187 e. The molecule has 7 nitrogen and oxygen atoms in total. The number of nitrogens with two attached hydrogens (primary N) is 1. The highest BCUT2D eigenvalue weighted by Crippen LogP contribution is 2.31. The van der Waals surface area contributed by atoms with Crippen molar-refractivity contribution in [3.05, 3.63) is 53.5 Å². The molecule has 3 rings (SSSR count). The van der Waals surface area contributed by atoms with Crippen LogP contribution in [-0.4, -0.2) is 25.9 Å². The zero-order valence-electron chi connectivity index (χ0n) is 13.4. The Balaban J connectivity index is 2.30. The first kappa shape index (κ1) is 15.7. The summed E-state index contributed by atoms with van der Waals surface area (Å²) >= 11 is 0. The Morgan fingerprint density at radius 2 is 1.96 bits per heavy atom. The molecule has 0 radical (unpaired) electrons. The van der Waals surface area contributed by atoms with Gasteiger partial charge in [0.25, 0.3) is 0 Å². The summed E-state index contributed by atoms with van der Waals surface area (Å²) in [5.74, 6) is 0.877. The van der Waals surface area contributed by atoms with Crippen LogP contribution in [0, 0.1) is 6.92 Å². The van der Waals surface area contributed by atoms with Gasteiger partial charge in [0.2, 0.25) is 0 Å². The molecule has 0 saturated carbocycles. The van der Waals surface area contributed by atoms with Crippen LogP contribution in [0.1, 0.15) is 24.1 Å². The molecule has 0 amide bonds. The van der Waals surface area contributed by atoms with Crippen molar-refractivity contribution in [2.75, 3.05) is 0 Å². The predicted octanol–water partition coefficient (Wildman–Crippen LogP) is 2.80. The number of amidine groups is 1. The summed E-state index contributed by atoms with van der Waals surface area (Å²) in [6.07, 6.45) is 0.652. The molecule has 24 heavy (non-hydrogen) atoms. The van der Waals surface area contributed by atoms with Gasteiger partial charge in [0.1, 0.15) is 17.1 Å². The number of aryl methyl sites for hydroxylation is 2. The lowest BCUT2D eigenvalue weighted by Crippen LogP contribution is -2.18. The second kappa shape index (κ2) is 6.11. The Morgan fingerprint density at radius 1 is 1.25 bits per heavy atom. The molecule has 0 atom stereocenters. The zero-order valence-corrected chi connectivity index (χ0v) is 13.4. The molecular weight excluding hydrogens is 308 g/mol. The summed E-state index contributed by atoms with van der Waals surface area (Å²) in [6, 6.07) is 10.4. The summed E-state index contributed by atoms with van der Waals surface area (Å²) in [7, 11) is 0. The maximum atomic E-state index is 9.51. The molecular formula is C17H18N4O3. The first-order valence-electron chi connectivity index (χ1n) is 7.51. The van der Waals surface area contributed by atoms with Crippen LogP contribution in [0.15, 0.2) is 46.1 Å². The van der Waals surface area contributed by atoms with Crippen molar-refractivity contribution < 1.29 is 14.8 Å². The number of hydrogen-bond acceptors (Lipinski definition) is 5. The van der Waals surface area contributed by atoms with Crippen molar-refractivity contribution in [1.82, 2.24) is 9.72 Å². The van der Waals surface area contributed by atoms with Gasteiger partial charge in [-0.1, -0.05) is 17.2 Å². The van der Waals surface area contributed by atoms with Gasteiger partial charge in [-0.05, 0) is 48.9 Å². The molecule has 1 aromatic carbocycles. The Kier molecular flexibility index (Phi) is 3.99. The van der Waals surface area contributed by atoms with Crippen molar-refractivity contribution >= 4 is 5.84 Å². The topological polar surface area (TPSA) is 110 Å². The standard InChI is InChI=1S/C17H18N4O3/c1-3-15-16(10(2)20-24-15)21-13(8-9-14(21)17(18)19-23)11-4-6-12(22)7-5-11/h4-9,22-23H,3H2,1-2H3,(H2,18,19). The first-order valence-corrected chi connectivity index (χ1v) is 7.51. The number of rotatable bonds is 4. The molecule has 0 saturated heterocycles. The van der Waals surface area contributed by atoms with E-state index in [9.17, 15) is 5.11 Å². The normalized spacial score (nSPS) is 11.8. The number of phenolic OH excluding ortho intramolecular Hbond substituents is 1. The second-order valence-electron chi connectivity index (χ2n) is 5.36. The SMILES string of the molecule is CCc1onc(C)c1-n1c(/C(N)=N\O)ccc1-c1ccc(O)cc1. The van der Waals surface area contributed by atoms with Crippen LogP contribution in [0.25, 0.3) is 16.9 Å². The minimum atomic E-state index is -0.0114. The molecule has 2 aromatic heterocycles. The number of phenols is 1. The third kappa shape index (κ3) is 2.50. The van der Waals surface area contributed by atoms with E-state index in [1.54, 1.807) is 30.3 Å². The van der Waals surface area contributed by atoms with E-state index in [0.717, 1.165) is 16.9 Å². The number of aromatic nitrogens is 2.